The molecule has 3 nitrogen and oxygen atoms in total. The summed E-state index contributed by atoms with van der Waals surface area (Å²) in [7, 11) is -3.44. The van der Waals surface area contributed by atoms with E-state index in [0.717, 1.165) is 22.3 Å². The first-order valence-electron chi connectivity index (χ1n) is 11.1. The molecule has 4 rings (SSSR count). The number of aryl methyl sites for hydroxylation is 3. The maximum absolute atomic E-state index is 14.2. The van der Waals surface area contributed by atoms with Crippen molar-refractivity contribution in [2.24, 2.45) is 0 Å². The Morgan fingerprint density at radius 1 is 0.618 bits per heavy atom. The van der Waals surface area contributed by atoms with Crippen LogP contribution >= 0.6 is 7.14 Å². The number of rotatable bonds is 5. The first-order chi connectivity index (χ1) is 16.2. The van der Waals surface area contributed by atoms with Crippen molar-refractivity contribution < 1.29 is 14.2 Å². The fourth-order valence-electron chi connectivity index (χ4n) is 4.01. The fraction of sp³-hybridized carbons (Fsp3) is 0.133. The van der Waals surface area contributed by atoms with Gasteiger partial charge < -0.3 is 4.57 Å². The molecule has 4 aromatic rings. The highest BCUT2D eigenvalue weighted by Crippen LogP contribution is 2.47. The Labute approximate surface area is 201 Å². The lowest BCUT2D eigenvalue weighted by molar-refractivity contribution is 0.101. The highest BCUT2D eigenvalue weighted by Gasteiger charge is 2.37. The van der Waals surface area contributed by atoms with Crippen LogP contribution in [0.2, 0.25) is 0 Å². The minimum Gasteiger partial charge on any atom is -0.305 e. The van der Waals surface area contributed by atoms with Crippen molar-refractivity contribution in [1.82, 2.24) is 0 Å². The number of ketones is 1. The molecule has 0 radical (unpaired) electrons. The molecule has 0 aliphatic rings. The zero-order valence-corrected chi connectivity index (χ0v) is 20.9. The van der Waals surface area contributed by atoms with Crippen molar-refractivity contribution in [3.8, 4) is 0 Å². The molecule has 34 heavy (non-hydrogen) atoms. The van der Waals surface area contributed by atoms with E-state index >= 15 is 0 Å². The van der Waals surface area contributed by atoms with Gasteiger partial charge in [-0.05, 0) is 38.8 Å². The van der Waals surface area contributed by atoms with E-state index < -0.39 is 7.14 Å². The van der Waals surface area contributed by atoms with Gasteiger partial charge in [-0.2, -0.15) is 0 Å². The van der Waals surface area contributed by atoms with Gasteiger partial charge in [-0.25, -0.2) is 0 Å². The molecular formula is C30H29O3P. The highest BCUT2D eigenvalue weighted by atomic mass is 31.2. The Morgan fingerprint density at radius 3 is 1.35 bits per heavy atom. The molecule has 0 saturated carbocycles. The minimum absolute atomic E-state index is 0.121. The third kappa shape index (κ3) is 5.50. The molecule has 0 aromatic heterocycles. The van der Waals surface area contributed by atoms with Crippen LogP contribution in [0.4, 0.5) is 0 Å². The zero-order chi connectivity index (χ0) is 24.7. The van der Waals surface area contributed by atoms with Crippen LogP contribution in [0.15, 0.2) is 103 Å². The standard InChI is InChI=1S/C22H21O2P.C8H8O/c1-16-14-17(2)21(18(3)15-16)22(23)25(24,19-10-6-4-7-11-19)20-12-8-5-9-13-20;1-7(9)8-5-3-2-4-6-8/h4-15H,1-3H3;2-6H,1H3. The lowest BCUT2D eigenvalue weighted by Gasteiger charge is -2.20. The van der Waals surface area contributed by atoms with Gasteiger partial charge in [-0.15, -0.1) is 0 Å². The zero-order valence-electron chi connectivity index (χ0n) is 20.0. The summed E-state index contributed by atoms with van der Waals surface area (Å²) in [6.07, 6.45) is 0. The van der Waals surface area contributed by atoms with E-state index in [0.29, 0.717) is 16.2 Å². The van der Waals surface area contributed by atoms with Gasteiger partial charge >= 0.3 is 0 Å². The van der Waals surface area contributed by atoms with Crippen LogP contribution in [0.1, 0.15) is 44.3 Å². The predicted molar refractivity (Wildman–Crippen MR) is 141 cm³/mol. The lowest BCUT2D eigenvalue weighted by atomic mass is 10.0. The summed E-state index contributed by atoms with van der Waals surface area (Å²) in [6.45, 7) is 7.39. The van der Waals surface area contributed by atoms with E-state index in [9.17, 15) is 14.2 Å². The first-order valence-corrected chi connectivity index (χ1v) is 12.9. The van der Waals surface area contributed by atoms with E-state index in [-0.39, 0.29) is 11.3 Å². The van der Waals surface area contributed by atoms with Gasteiger partial charge in [0.15, 0.2) is 5.78 Å². The Morgan fingerprint density at radius 2 is 1.00 bits per heavy atom. The molecule has 4 aromatic carbocycles. The van der Waals surface area contributed by atoms with E-state index in [2.05, 4.69) is 0 Å². The first kappa shape index (κ1) is 25.1. The van der Waals surface area contributed by atoms with Crippen molar-refractivity contribution in [1.29, 1.82) is 0 Å². The lowest BCUT2D eigenvalue weighted by Crippen LogP contribution is -2.23. The van der Waals surface area contributed by atoms with Crippen molar-refractivity contribution in [2.45, 2.75) is 27.7 Å². The maximum Gasteiger partial charge on any atom is 0.230 e. The van der Waals surface area contributed by atoms with Gasteiger partial charge in [0.2, 0.25) is 12.7 Å². The van der Waals surface area contributed by atoms with Gasteiger partial charge in [0.25, 0.3) is 0 Å². The molecule has 0 bridgehead atoms. The summed E-state index contributed by atoms with van der Waals surface area (Å²) in [5.74, 6) is 0.121. The van der Waals surface area contributed by atoms with Crippen LogP contribution in [0.5, 0.6) is 0 Å². The number of benzene rings is 4. The van der Waals surface area contributed by atoms with E-state index in [1.807, 2.05) is 99.6 Å². The van der Waals surface area contributed by atoms with Crippen molar-refractivity contribution in [3.05, 3.63) is 131 Å². The predicted octanol–water partition coefficient (Wildman–Crippen LogP) is 6.66. The van der Waals surface area contributed by atoms with E-state index in [1.54, 1.807) is 31.2 Å². The summed E-state index contributed by atoms with van der Waals surface area (Å²) in [6, 6.07) is 31.3. The second-order valence-corrected chi connectivity index (χ2v) is 10.9. The number of hydrogen-bond acceptors (Lipinski definition) is 3. The van der Waals surface area contributed by atoms with Crippen molar-refractivity contribution >= 4 is 29.1 Å². The average Bonchev–Trinajstić information content (AvgIpc) is 2.85. The van der Waals surface area contributed by atoms with E-state index in [4.69, 9.17) is 0 Å². The largest absolute Gasteiger partial charge is 0.305 e. The van der Waals surface area contributed by atoms with Crippen LogP contribution in [0, 0.1) is 20.8 Å². The van der Waals surface area contributed by atoms with Crippen LogP contribution in [0.25, 0.3) is 0 Å². The molecule has 0 fully saturated rings. The number of Topliss-reactive ketones (excluding diaryl/α,β-unsaturated/α-hetero) is 1. The molecular weight excluding hydrogens is 439 g/mol. The summed E-state index contributed by atoms with van der Waals surface area (Å²) in [5.41, 5.74) is 3.89. The average molecular weight is 469 g/mol. The van der Waals surface area contributed by atoms with E-state index in [1.165, 1.54) is 0 Å². The molecule has 0 N–H and O–H groups in total. The number of carbonyl (C=O) groups is 2. The Hall–Kier alpha value is -3.55. The third-order valence-electron chi connectivity index (χ3n) is 5.60. The molecule has 0 aliphatic carbocycles. The monoisotopic (exact) mass is 468 g/mol. The summed E-state index contributed by atoms with van der Waals surface area (Å²) in [4.78, 5) is 24.2. The normalized spacial score (nSPS) is 10.7. The maximum atomic E-state index is 14.2. The molecule has 0 saturated heterocycles. The second kappa shape index (κ2) is 11.0. The molecule has 0 unspecified atom stereocenters. The smallest absolute Gasteiger partial charge is 0.230 e. The quantitative estimate of drug-likeness (QED) is 0.243. The summed E-state index contributed by atoms with van der Waals surface area (Å²) in [5, 5.41) is 1.15. The fourth-order valence-corrected chi connectivity index (χ4v) is 6.63. The molecule has 0 amide bonds. The molecule has 0 spiro atoms. The number of hydrogen-bond donors (Lipinski definition) is 0. The Balaban J connectivity index is 0.000000302. The summed E-state index contributed by atoms with van der Waals surface area (Å²) >= 11 is 0. The van der Waals surface area contributed by atoms with Gasteiger partial charge in [0, 0.05) is 21.7 Å². The van der Waals surface area contributed by atoms with Crippen LogP contribution in [-0.2, 0) is 4.57 Å². The van der Waals surface area contributed by atoms with Crippen LogP contribution < -0.4 is 10.6 Å². The second-order valence-electron chi connectivity index (χ2n) is 8.28. The molecule has 172 valence electrons. The molecule has 0 heterocycles. The minimum atomic E-state index is -3.44. The molecule has 4 heteroatoms. The van der Waals surface area contributed by atoms with Gasteiger partial charge in [-0.3, -0.25) is 9.59 Å². The van der Waals surface area contributed by atoms with Crippen molar-refractivity contribution in [2.75, 3.05) is 0 Å². The third-order valence-corrected chi connectivity index (χ3v) is 8.44. The highest BCUT2D eigenvalue weighted by molar-refractivity contribution is 7.93. The van der Waals surface area contributed by atoms with Gasteiger partial charge in [0.1, 0.15) is 0 Å². The Bertz CT molecular complexity index is 1260. The van der Waals surface area contributed by atoms with Crippen LogP contribution in [-0.4, -0.2) is 11.3 Å². The van der Waals surface area contributed by atoms with Crippen LogP contribution in [0.3, 0.4) is 0 Å². The van der Waals surface area contributed by atoms with Crippen molar-refractivity contribution in [3.63, 3.8) is 0 Å². The van der Waals surface area contributed by atoms with Gasteiger partial charge in [-0.1, -0.05) is 109 Å². The van der Waals surface area contributed by atoms with Gasteiger partial charge in [0.05, 0.1) is 0 Å². The molecule has 0 atom stereocenters. The Kier molecular flexibility index (Phi) is 8.15. The topological polar surface area (TPSA) is 51.2 Å². The molecule has 0 aliphatic heterocycles. The number of carbonyl (C=O) groups excluding carboxylic acids is 2. The SMILES string of the molecule is CC(=O)c1ccccc1.Cc1cc(C)c(C(=O)P(=O)(c2ccccc2)c2ccccc2)c(C)c1. The summed E-state index contributed by atoms with van der Waals surface area (Å²) < 4.78 is 14.2.